The number of ether oxygens (including phenoxy) is 4. The maximum Gasteiger partial charge on any atom is 0.338 e. The number of methoxy groups -OCH3 is 2. The lowest BCUT2D eigenvalue weighted by Gasteiger charge is -2.27. The van der Waals surface area contributed by atoms with E-state index < -0.39 is 12.0 Å². The Bertz CT molecular complexity index is 2070. The van der Waals surface area contributed by atoms with Gasteiger partial charge in [0.2, 0.25) is 0 Å². The number of carbonyl (C=O) groups excluding carboxylic acids is 2. The first-order chi connectivity index (χ1) is 23.3. The Kier molecular flexibility index (Phi) is 10.1. The second kappa shape index (κ2) is 14.6. The molecule has 1 aromatic heterocycles. The molecule has 0 bridgehead atoms. The van der Waals surface area contributed by atoms with Crippen LogP contribution in [0, 0.1) is 0 Å². The first kappa shape index (κ1) is 33.2. The van der Waals surface area contributed by atoms with Crippen molar-refractivity contribution in [2.75, 3.05) is 40.5 Å². The Balaban J connectivity index is 1.48. The molecule has 1 saturated heterocycles. The van der Waals surface area contributed by atoms with E-state index in [1.54, 1.807) is 49.3 Å². The van der Waals surface area contributed by atoms with Gasteiger partial charge in [0.15, 0.2) is 22.9 Å². The first-order valence-corrected chi connectivity index (χ1v) is 17.1. The van der Waals surface area contributed by atoms with Gasteiger partial charge in [-0.15, -0.1) is 0 Å². The van der Waals surface area contributed by atoms with Crippen molar-refractivity contribution in [2.45, 2.75) is 25.8 Å². The van der Waals surface area contributed by atoms with Gasteiger partial charge in [0.1, 0.15) is 11.8 Å². The van der Waals surface area contributed by atoms with Gasteiger partial charge in [-0.1, -0.05) is 63.7 Å². The zero-order chi connectivity index (χ0) is 33.8. The van der Waals surface area contributed by atoms with Crippen molar-refractivity contribution in [3.63, 3.8) is 0 Å². The number of benzene rings is 3. The van der Waals surface area contributed by atoms with Crippen molar-refractivity contribution >= 4 is 50.9 Å². The molecule has 10 nitrogen and oxygen atoms in total. The molecular weight excluding hydrogens is 698 g/mol. The van der Waals surface area contributed by atoms with E-state index in [0.29, 0.717) is 49.0 Å². The molecule has 0 N–H and O–H groups in total. The minimum atomic E-state index is -0.899. The molecule has 3 heterocycles. The van der Waals surface area contributed by atoms with Crippen molar-refractivity contribution in [1.29, 1.82) is 0 Å². The van der Waals surface area contributed by atoms with Crippen LogP contribution in [0.15, 0.2) is 86.6 Å². The molecule has 12 heteroatoms. The van der Waals surface area contributed by atoms with Gasteiger partial charge in [-0.05, 0) is 61.7 Å². The minimum Gasteiger partial charge on any atom is -0.496 e. The normalized spacial score (nSPS) is 16.0. The largest absolute Gasteiger partial charge is 0.496 e. The number of thiazole rings is 1. The molecule has 0 radical (unpaired) electrons. The van der Waals surface area contributed by atoms with Crippen molar-refractivity contribution < 1.29 is 28.5 Å². The van der Waals surface area contributed by atoms with E-state index in [1.807, 2.05) is 42.5 Å². The van der Waals surface area contributed by atoms with Crippen LogP contribution in [0.25, 0.3) is 11.8 Å². The summed E-state index contributed by atoms with van der Waals surface area (Å²) < 4.78 is 25.4. The van der Waals surface area contributed by atoms with Gasteiger partial charge in [0.05, 0.1) is 36.6 Å². The molecule has 2 aliphatic rings. The number of amides is 1. The maximum atomic E-state index is 14.3. The van der Waals surface area contributed by atoms with E-state index in [2.05, 4.69) is 15.9 Å². The summed E-state index contributed by atoms with van der Waals surface area (Å²) in [5.41, 5.74) is 2.29. The molecular formula is C36H34BrN3O7S. The monoisotopic (exact) mass is 731 g/mol. The van der Waals surface area contributed by atoms with Crippen LogP contribution in [0.5, 0.6) is 17.2 Å². The van der Waals surface area contributed by atoms with Crippen molar-refractivity contribution in [1.82, 2.24) is 9.47 Å². The summed E-state index contributed by atoms with van der Waals surface area (Å²) in [7, 11) is 3.07. The number of esters is 1. The standard InChI is InChI=1S/C36H34BrN3O7S/c1-4-46-35(43)31-32(23-10-6-5-7-11-23)38-36-40(33(31)25-20-24(37)13-15-26(25)44-2)34(42)29(48-36)19-22-12-14-27(28(18-22)45-3)47-21-30(41)39-16-8-9-17-39/h5-7,10-15,18-20,33H,4,8-9,16-17,21H2,1-3H3/b29-19-/t33-/m1/s1. The summed E-state index contributed by atoms with van der Waals surface area (Å²) in [5.74, 6) is 0.714. The Morgan fingerprint density at radius 1 is 0.979 bits per heavy atom. The van der Waals surface area contributed by atoms with Crippen LogP contribution in [0.1, 0.15) is 42.5 Å². The first-order valence-electron chi connectivity index (χ1n) is 15.5. The van der Waals surface area contributed by atoms with E-state index in [-0.39, 0.29) is 30.3 Å². The van der Waals surface area contributed by atoms with E-state index in [4.69, 9.17) is 23.9 Å². The lowest BCUT2D eigenvalue weighted by atomic mass is 9.92. The van der Waals surface area contributed by atoms with Crippen molar-refractivity contribution in [3.05, 3.63) is 113 Å². The lowest BCUT2D eigenvalue weighted by Crippen LogP contribution is -2.40. The summed E-state index contributed by atoms with van der Waals surface area (Å²) in [4.78, 5) is 47.8. The van der Waals surface area contributed by atoms with E-state index in [1.165, 1.54) is 23.0 Å². The maximum absolute atomic E-state index is 14.3. The van der Waals surface area contributed by atoms with Crippen LogP contribution < -0.4 is 29.1 Å². The fourth-order valence-electron chi connectivity index (χ4n) is 5.90. The zero-order valence-electron chi connectivity index (χ0n) is 26.7. The van der Waals surface area contributed by atoms with E-state index >= 15 is 0 Å². The SMILES string of the molecule is CCOC(=O)C1=C(c2ccccc2)N=c2s/c(=C\c3ccc(OCC(=O)N4CCCC4)c(OC)c3)c(=O)n2[C@@H]1c1cc(Br)ccc1OC. The number of nitrogens with zero attached hydrogens (tertiary/aromatic N) is 3. The van der Waals surface area contributed by atoms with Crippen molar-refractivity contribution in [3.8, 4) is 17.2 Å². The molecule has 1 atom stereocenters. The molecule has 0 spiro atoms. The molecule has 248 valence electrons. The summed E-state index contributed by atoms with van der Waals surface area (Å²) >= 11 is 4.77. The van der Waals surface area contributed by atoms with Crippen LogP contribution in [-0.2, 0) is 14.3 Å². The molecule has 0 saturated carbocycles. The molecule has 0 aliphatic carbocycles. The number of rotatable bonds is 10. The lowest BCUT2D eigenvalue weighted by molar-refractivity contribution is -0.139. The second-order valence-electron chi connectivity index (χ2n) is 11.1. The average Bonchev–Trinajstić information content (AvgIpc) is 3.75. The van der Waals surface area contributed by atoms with Gasteiger partial charge in [0, 0.05) is 28.7 Å². The van der Waals surface area contributed by atoms with Gasteiger partial charge in [-0.3, -0.25) is 14.2 Å². The van der Waals surface area contributed by atoms with E-state index in [0.717, 1.165) is 30.4 Å². The summed E-state index contributed by atoms with van der Waals surface area (Å²) in [6.07, 6.45) is 3.75. The Hall–Kier alpha value is -4.68. The highest BCUT2D eigenvalue weighted by Crippen LogP contribution is 2.40. The fourth-order valence-corrected chi connectivity index (χ4v) is 7.28. The third-order valence-electron chi connectivity index (χ3n) is 8.16. The Labute approximate surface area is 289 Å². The molecule has 6 rings (SSSR count). The predicted molar refractivity (Wildman–Crippen MR) is 186 cm³/mol. The number of fused-ring (bicyclic) bond motifs is 1. The highest BCUT2D eigenvalue weighted by molar-refractivity contribution is 9.10. The summed E-state index contributed by atoms with van der Waals surface area (Å²) in [6.45, 7) is 3.29. The van der Waals surface area contributed by atoms with Gasteiger partial charge in [0.25, 0.3) is 11.5 Å². The van der Waals surface area contributed by atoms with Crippen LogP contribution in [0.3, 0.4) is 0 Å². The van der Waals surface area contributed by atoms with Crippen LogP contribution in [-0.4, -0.2) is 61.9 Å². The number of likely N-dealkylation sites (tertiary alicyclic amines) is 1. The summed E-state index contributed by atoms with van der Waals surface area (Å²) in [6, 6.07) is 19.2. The van der Waals surface area contributed by atoms with Crippen LogP contribution >= 0.6 is 27.3 Å². The third-order valence-corrected chi connectivity index (χ3v) is 9.63. The Morgan fingerprint density at radius 2 is 1.71 bits per heavy atom. The zero-order valence-corrected chi connectivity index (χ0v) is 29.1. The van der Waals surface area contributed by atoms with Crippen LogP contribution in [0.4, 0.5) is 0 Å². The smallest absolute Gasteiger partial charge is 0.338 e. The number of carbonyl (C=O) groups is 2. The van der Waals surface area contributed by atoms with Crippen molar-refractivity contribution in [2.24, 2.45) is 4.99 Å². The predicted octanol–water partition coefficient (Wildman–Crippen LogP) is 4.72. The number of halogens is 1. The summed E-state index contributed by atoms with van der Waals surface area (Å²) in [5, 5.41) is 0. The number of hydrogen-bond acceptors (Lipinski definition) is 9. The van der Waals surface area contributed by atoms with E-state index in [9.17, 15) is 14.4 Å². The van der Waals surface area contributed by atoms with Gasteiger partial charge in [-0.25, -0.2) is 9.79 Å². The minimum absolute atomic E-state index is 0.0616. The molecule has 3 aromatic carbocycles. The molecule has 4 aromatic rings. The molecule has 2 aliphatic heterocycles. The topological polar surface area (TPSA) is 109 Å². The molecule has 0 unspecified atom stereocenters. The third kappa shape index (κ3) is 6.67. The Morgan fingerprint density at radius 3 is 2.42 bits per heavy atom. The quantitative estimate of drug-likeness (QED) is 0.217. The highest BCUT2D eigenvalue weighted by Gasteiger charge is 2.37. The second-order valence-corrected chi connectivity index (χ2v) is 13.0. The van der Waals surface area contributed by atoms with Gasteiger partial charge in [-0.2, -0.15) is 0 Å². The highest BCUT2D eigenvalue weighted by atomic mass is 79.9. The van der Waals surface area contributed by atoms with Gasteiger partial charge < -0.3 is 23.8 Å². The van der Waals surface area contributed by atoms with Gasteiger partial charge >= 0.3 is 5.97 Å². The average molecular weight is 733 g/mol. The van der Waals surface area contributed by atoms with Crippen LogP contribution in [0.2, 0.25) is 0 Å². The fraction of sp³-hybridized carbons (Fsp3) is 0.278. The number of hydrogen-bond donors (Lipinski definition) is 0. The molecule has 1 fully saturated rings. The molecule has 1 amide bonds. The number of aromatic nitrogens is 1. The molecule has 48 heavy (non-hydrogen) atoms.